The molecule has 1 aliphatic heterocycles. The van der Waals surface area contributed by atoms with Crippen LogP contribution in [-0.4, -0.2) is 15.2 Å². The number of fused-ring (bicyclic) bond motifs is 1. The van der Waals surface area contributed by atoms with E-state index < -0.39 is 0 Å². The number of carbonyl (C=O) groups excluding carboxylic acids is 1. The first-order valence-electron chi connectivity index (χ1n) is 7.41. The van der Waals surface area contributed by atoms with Crippen LogP contribution in [0.5, 0.6) is 0 Å². The number of anilines is 1. The molecule has 1 aliphatic rings. The number of hydrogen-bond acceptors (Lipinski definition) is 4. The quantitative estimate of drug-likeness (QED) is 0.499. The molecular formula is C19H12N2OS2. The zero-order chi connectivity index (χ0) is 16.5. The summed E-state index contributed by atoms with van der Waals surface area (Å²) in [6.45, 7) is 0. The average molecular weight is 348 g/mol. The molecule has 0 aliphatic carbocycles. The zero-order valence-corrected chi connectivity index (χ0v) is 14.2. The standard InChI is InChI=1S/C19H12N2OS2/c22-18-17(24-19(23)21(18)15-7-2-1-3-8-15)12-14-11-10-13-6-4-5-9-16(13)20-14/h1-12H/b17-12-. The normalized spacial score (nSPS) is 16.3. The van der Waals surface area contributed by atoms with Gasteiger partial charge in [-0.15, -0.1) is 0 Å². The Balaban J connectivity index is 1.70. The third kappa shape index (κ3) is 2.72. The lowest BCUT2D eigenvalue weighted by atomic mass is 10.2. The molecule has 0 atom stereocenters. The molecule has 3 aromatic rings. The molecule has 0 unspecified atom stereocenters. The number of nitrogens with zero attached hydrogens (tertiary/aromatic N) is 2. The van der Waals surface area contributed by atoms with E-state index in [4.69, 9.17) is 12.2 Å². The van der Waals surface area contributed by atoms with Gasteiger partial charge in [-0.2, -0.15) is 0 Å². The van der Waals surface area contributed by atoms with Crippen LogP contribution in [0, 0.1) is 0 Å². The van der Waals surface area contributed by atoms with Crippen LogP contribution in [-0.2, 0) is 4.79 Å². The van der Waals surface area contributed by atoms with Crippen LogP contribution in [0.4, 0.5) is 5.69 Å². The SMILES string of the molecule is O=C1/C(=C/c2ccc3ccccc3n2)SC(=S)N1c1ccccc1. The maximum atomic E-state index is 12.7. The Morgan fingerprint density at radius 2 is 1.71 bits per heavy atom. The molecule has 1 fully saturated rings. The maximum Gasteiger partial charge on any atom is 0.270 e. The molecule has 0 bridgehead atoms. The summed E-state index contributed by atoms with van der Waals surface area (Å²) in [7, 11) is 0. The lowest BCUT2D eigenvalue weighted by molar-refractivity contribution is -0.113. The largest absolute Gasteiger partial charge is 0.270 e. The Labute approximate surface area is 149 Å². The number of amides is 1. The summed E-state index contributed by atoms with van der Waals surface area (Å²) in [5.41, 5.74) is 2.45. The number of carbonyl (C=O) groups is 1. The molecule has 2 aromatic carbocycles. The van der Waals surface area contributed by atoms with E-state index in [9.17, 15) is 4.79 Å². The van der Waals surface area contributed by atoms with Gasteiger partial charge in [0.05, 0.1) is 21.8 Å². The van der Waals surface area contributed by atoms with Crippen molar-refractivity contribution in [2.24, 2.45) is 0 Å². The minimum atomic E-state index is -0.105. The minimum absolute atomic E-state index is 0.105. The summed E-state index contributed by atoms with van der Waals surface area (Å²) in [4.78, 5) is 19.4. The topological polar surface area (TPSA) is 33.2 Å². The highest BCUT2D eigenvalue weighted by Gasteiger charge is 2.33. The molecule has 1 aromatic heterocycles. The van der Waals surface area contributed by atoms with Gasteiger partial charge in [-0.25, -0.2) is 4.98 Å². The molecule has 116 valence electrons. The number of benzene rings is 2. The molecular weight excluding hydrogens is 336 g/mol. The number of aromatic nitrogens is 1. The van der Waals surface area contributed by atoms with Crippen LogP contribution >= 0.6 is 24.0 Å². The van der Waals surface area contributed by atoms with Gasteiger partial charge in [-0.05, 0) is 30.3 Å². The Morgan fingerprint density at radius 1 is 0.958 bits per heavy atom. The van der Waals surface area contributed by atoms with Crippen LogP contribution in [0.3, 0.4) is 0 Å². The molecule has 0 saturated carbocycles. The van der Waals surface area contributed by atoms with Crippen molar-refractivity contribution in [3.8, 4) is 0 Å². The molecule has 24 heavy (non-hydrogen) atoms. The summed E-state index contributed by atoms with van der Waals surface area (Å²) in [5, 5.41) is 1.08. The van der Waals surface area contributed by atoms with Crippen molar-refractivity contribution in [2.45, 2.75) is 0 Å². The molecule has 2 heterocycles. The van der Waals surface area contributed by atoms with Crippen molar-refractivity contribution in [1.29, 1.82) is 0 Å². The van der Waals surface area contributed by atoms with E-state index in [0.717, 1.165) is 22.3 Å². The smallest absolute Gasteiger partial charge is 0.268 e. The van der Waals surface area contributed by atoms with Crippen molar-refractivity contribution >= 4 is 56.9 Å². The zero-order valence-electron chi connectivity index (χ0n) is 12.5. The van der Waals surface area contributed by atoms with Gasteiger partial charge in [0.15, 0.2) is 4.32 Å². The fourth-order valence-electron chi connectivity index (χ4n) is 2.56. The third-order valence-corrected chi connectivity index (χ3v) is 5.01. The van der Waals surface area contributed by atoms with Gasteiger partial charge < -0.3 is 0 Å². The fourth-order valence-corrected chi connectivity index (χ4v) is 3.85. The summed E-state index contributed by atoms with van der Waals surface area (Å²) < 4.78 is 0.540. The monoisotopic (exact) mass is 348 g/mol. The van der Waals surface area contributed by atoms with E-state index in [-0.39, 0.29) is 5.91 Å². The van der Waals surface area contributed by atoms with Crippen LogP contribution in [0.25, 0.3) is 17.0 Å². The van der Waals surface area contributed by atoms with E-state index in [1.807, 2.05) is 66.7 Å². The van der Waals surface area contributed by atoms with Crippen molar-refractivity contribution in [3.63, 3.8) is 0 Å². The van der Waals surface area contributed by atoms with Gasteiger partial charge in [0.2, 0.25) is 0 Å². The maximum absolute atomic E-state index is 12.7. The Kier molecular flexibility index (Phi) is 3.88. The summed E-state index contributed by atoms with van der Waals surface area (Å²) >= 11 is 6.68. The third-order valence-electron chi connectivity index (χ3n) is 3.71. The molecule has 4 rings (SSSR count). The van der Waals surface area contributed by atoms with Crippen LogP contribution in [0.2, 0.25) is 0 Å². The molecule has 5 heteroatoms. The molecule has 0 radical (unpaired) electrons. The predicted octanol–water partition coefficient (Wildman–Crippen LogP) is 4.64. The number of para-hydroxylation sites is 2. The highest BCUT2D eigenvalue weighted by molar-refractivity contribution is 8.27. The summed E-state index contributed by atoms with van der Waals surface area (Å²) in [6, 6.07) is 21.3. The lowest BCUT2D eigenvalue weighted by Gasteiger charge is -2.13. The number of hydrogen-bond donors (Lipinski definition) is 0. The van der Waals surface area contributed by atoms with Crippen molar-refractivity contribution in [1.82, 2.24) is 4.98 Å². The van der Waals surface area contributed by atoms with Crippen LogP contribution in [0.1, 0.15) is 5.69 Å². The fraction of sp³-hybridized carbons (Fsp3) is 0. The number of thioether (sulfide) groups is 1. The molecule has 1 saturated heterocycles. The van der Waals surface area contributed by atoms with E-state index >= 15 is 0 Å². The highest BCUT2D eigenvalue weighted by atomic mass is 32.2. The van der Waals surface area contributed by atoms with Gasteiger partial charge in [-0.3, -0.25) is 9.69 Å². The van der Waals surface area contributed by atoms with E-state index in [1.165, 1.54) is 11.8 Å². The number of pyridine rings is 1. The summed E-state index contributed by atoms with van der Waals surface area (Å²) in [5.74, 6) is -0.105. The first kappa shape index (κ1) is 15.1. The number of rotatable bonds is 2. The van der Waals surface area contributed by atoms with Gasteiger partial charge in [0.1, 0.15) is 0 Å². The van der Waals surface area contributed by atoms with E-state index in [2.05, 4.69) is 4.98 Å². The van der Waals surface area contributed by atoms with Gasteiger partial charge in [0, 0.05) is 5.39 Å². The minimum Gasteiger partial charge on any atom is -0.268 e. The second-order valence-corrected chi connectivity index (χ2v) is 6.96. The summed E-state index contributed by atoms with van der Waals surface area (Å²) in [6.07, 6.45) is 1.80. The van der Waals surface area contributed by atoms with Crippen molar-refractivity contribution < 1.29 is 4.79 Å². The van der Waals surface area contributed by atoms with Gasteiger partial charge in [-0.1, -0.05) is 66.4 Å². The molecule has 3 nitrogen and oxygen atoms in total. The average Bonchev–Trinajstić information content (AvgIpc) is 2.89. The molecule has 1 amide bonds. The Bertz CT molecular complexity index is 983. The molecule has 0 spiro atoms. The lowest BCUT2D eigenvalue weighted by Crippen LogP contribution is -2.27. The molecule has 0 N–H and O–H groups in total. The van der Waals surface area contributed by atoms with Crippen molar-refractivity contribution in [3.05, 3.63) is 77.3 Å². The van der Waals surface area contributed by atoms with Gasteiger partial charge >= 0.3 is 0 Å². The first-order valence-corrected chi connectivity index (χ1v) is 8.64. The second kappa shape index (κ2) is 6.19. The number of thiocarbonyl (C=S) groups is 1. The van der Waals surface area contributed by atoms with Gasteiger partial charge in [0.25, 0.3) is 5.91 Å². The highest BCUT2D eigenvalue weighted by Crippen LogP contribution is 2.35. The Morgan fingerprint density at radius 3 is 2.54 bits per heavy atom. The van der Waals surface area contributed by atoms with Crippen LogP contribution < -0.4 is 4.90 Å². The van der Waals surface area contributed by atoms with Crippen molar-refractivity contribution in [2.75, 3.05) is 4.90 Å². The Hall–Kier alpha value is -2.50. The van der Waals surface area contributed by atoms with Crippen LogP contribution in [0.15, 0.2) is 71.6 Å². The predicted molar refractivity (Wildman–Crippen MR) is 104 cm³/mol. The van der Waals surface area contributed by atoms with E-state index in [1.54, 1.807) is 11.0 Å². The first-order chi connectivity index (χ1) is 11.7. The van der Waals surface area contributed by atoms with E-state index in [0.29, 0.717) is 9.23 Å². The second-order valence-electron chi connectivity index (χ2n) is 5.28.